The predicted molar refractivity (Wildman–Crippen MR) is 50.6 cm³/mol. The van der Waals surface area contributed by atoms with Gasteiger partial charge in [-0.1, -0.05) is 6.08 Å². The maximum Gasteiger partial charge on any atom is 0.438 e. The molecule has 0 spiro atoms. The molecule has 0 bridgehead atoms. The van der Waals surface area contributed by atoms with Gasteiger partial charge in [-0.05, 0) is 13.0 Å². The Labute approximate surface area is 128 Å². The summed E-state index contributed by atoms with van der Waals surface area (Å²) in [7, 11) is 0. The number of allylic oxidation sites excluding steroid dienone is 2. The van der Waals surface area contributed by atoms with Gasteiger partial charge >= 0.3 is 41.7 Å². The Morgan fingerprint density at radius 1 is 0.480 bits per heavy atom. The lowest BCUT2D eigenvalue weighted by Crippen LogP contribution is -2.75. The molecule has 0 amide bonds. The molecule has 0 aliphatic heterocycles. The minimum atomic E-state index is -8.36. The molecule has 0 saturated heterocycles. The van der Waals surface area contributed by atoms with Gasteiger partial charge in [0.25, 0.3) is 0 Å². The molecule has 0 nitrogen and oxygen atoms in total. The first kappa shape index (κ1) is 23.7. The van der Waals surface area contributed by atoms with E-state index in [1.807, 2.05) is 0 Å². The summed E-state index contributed by atoms with van der Waals surface area (Å²) in [4.78, 5) is 0. The van der Waals surface area contributed by atoms with Gasteiger partial charge in [0.2, 0.25) is 0 Å². The highest BCUT2D eigenvalue weighted by molar-refractivity contribution is 5.18. The minimum absolute atomic E-state index is 0.127. The van der Waals surface area contributed by atoms with Crippen molar-refractivity contribution < 1.29 is 65.9 Å². The maximum atomic E-state index is 13.1. The fourth-order valence-electron chi connectivity index (χ4n) is 1.45. The topological polar surface area (TPSA) is 0 Å². The minimum Gasteiger partial charge on any atom is -0.216 e. The Bertz CT molecular complexity index is 491. The quantitative estimate of drug-likeness (QED) is 0.389. The lowest BCUT2D eigenvalue weighted by molar-refractivity contribution is -0.454. The summed E-state index contributed by atoms with van der Waals surface area (Å²) in [6, 6.07) is 0. The second-order valence-electron chi connectivity index (χ2n) is 4.50. The first-order valence-corrected chi connectivity index (χ1v) is 5.53. The summed E-state index contributed by atoms with van der Waals surface area (Å²) < 4.78 is 190. The molecular formula is C10H5F15. The molecule has 0 N–H and O–H groups in total. The lowest BCUT2D eigenvalue weighted by Gasteiger charge is -2.42. The van der Waals surface area contributed by atoms with E-state index in [1.54, 1.807) is 0 Å². The monoisotopic (exact) mass is 410 g/mol. The molecule has 0 aliphatic carbocycles. The molecule has 0 atom stereocenters. The summed E-state index contributed by atoms with van der Waals surface area (Å²) in [5.74, 6) is -30.3. The van der Waals surface area contributed by atoms with Gasteiger partial charge in [0.1, 0.15) is 0 Å². The Kier molecular flexibility index (Phi) is 5.55. The first-order chi connectivity index (χ1) is 10.6. The van der Waals surface area contributed by atoms with Gasteiger partial charge in [0, 0.05) is 0 Å². The Balaban J connectivity index is 6.75. The van der Waals surface area contributed by atoms with Crippen LogP contribution in [0.4, 0.5) is 65.9 Å². The van der Waals surface area contributed by atoms with E-state index in [0.29, 0.717) is 6.92 Å². The van der Waals surface area contributed by atoms with E-state index in [9.17, 15) is 65.9 Å². The zero-order valence-corrected chi connectivity index (χ0v) is 11.3. The lowest BCUT2D eigenvalue weighted by atomic mass is 9.86. The summed E-state index contributed by atoms with van der Waals surface area (Å²) in [6.45, 7) is 0.463. The van der Waals surface area contributed by atoms with E-state index in [-0.39, 0.29) is 6.08 Å². The number of rotatable bonds is 5. The highest BCUT2D eigenvalue weighted by Gasteiger charge is 2.95. The van der Waals surface area contributed by atoms with Gasteiger partial charge in [-0.25, -0.2) is 4.39 Å². The third kappa shape index (κ3) is 3.02. The molecule has 0 aromatic heterocycles. The van der Waals surface area contributed by atoms with Crippen LogP contribution in [-0.4, -0.2) is 41.7 Å². The second-order valence-corrected chi connectivity index (χ2v) is 4.50. The van der Waals surface area contributed by atoms with E-state index in [1.165, 1.54) is 0 Å². The predicted octanol–water partition coefficient (Wildman–Crippen LogP) is 5.94. The Morgan fingerprint density at radius 3 is 1.04 bits per heavy atom. The normalized spacial score (nSPS) is 16.6. The molecule has 0 aromatic rings. The Hall–Kier alpha value is -1.31. The van der Waals surface area contributed by atoms with Crippen molar-refractivity contribution in [1.29, 1.82) is 0 Å². The van der Waals surface area contributed by atoms with Gasteiger partial charge in [-0.3, -0.25) is 0 Å². The molecule has 0 radical (unpaired) electrons. The highest BCUT2D eigenvalue weighted by Crippen LogP contribution is 2.63. The zero-order chi connectivity index (χ0) is 20.9. The van der Waals surface area contributed by atoms with Crippen molar-refractivity contribution in [3.63, 3.8) is 0 Å². The van der Waals surface area contributed by atoms with Crippen molar-refractivity contribution >= 4 is 0 Å². The van der Waals surface area contributed by atoms with Crippen LogP contribution in [0.5, 0.6) is 0 Å². The van der Waals surface area contributed by atoms with Gasteiger partial charge in [-0.15, -0.1) is 0 Å². The van der Waals surface area contributed by atoms with E-state index in [0.717, 1.165) is 0 Å². The zero-order valence-electron chi connectivity index (χ0n) is 11.3. The number of alkyl halides is 15. The molecule has 0 rings (SSSR count). The summed E-state index contributed by atoms with van der Waals surface area (Å²) in [5.41, 5.74) is -8.24. The van der Waals surface area contributed by atoms with Crippen LogP contribution in [0.25, 0.3) is 0 Å². The van der Waals surface area contributed by atoms with Crippen LogP contribution in [0.15, 0.2) is 12.2 Å². The molecule has 0 unspecified atom stereocenters. The molecule has 0 heterocycles. The SMILES string of the molecule is CC=CC(F)(F)C(F)(F)C(F)(F)C(F)(F)C(F)(C(F)(F)F)C(F)(F)F. The van der Waals surface area contributed by atoms with Crippen LogP contribution in [0, 0.1) is 0 Å². The third-order valence-corrected chi connectivity index (χ3v) is 2.80. The van der Waals surface area contributed by atoms with Gasteiger partial charge < -0.3 is 0 Å². The molecule has 0 aliphatic rings. The number of hydrogen-bond donors (Lipinski definition) is 0. The molecule has 25 heavy (non-hydrogen) atoms. The fraction of sp³-hybridized carbons (Fsp3) is 0.800. The van der Waals surface area contributed by atoms with Crippen LogP contribution in [0.2, 0.25) is 0 Å². The van der Waals surface area contributed by atoms with Crippen molar-refractivity contribution in [2.45, 2.75) is 48.6 Å². The molecule has 0 fully saturated rings. The maximum absolute atomic E-state index is 13.1. The molecule has 150 valence electrons. The van der Waals surface area contributed by atoms with Gasteiger partial charge in [0.15, 0.2) is 0 Å². The average Bonchev–Trinajstić information content (AvgIpc) is 2.33. The van der Waals surface area contributed by atoms with Crippen molar-refractivity contribution in [3.05, 3.63) is 12.2 Å². The van der Waals surface area contributed by atoms with Gasteiger partial charge in [-0.2, -0.15) is 61.5 Å². The van der Waals surface area contributed by atoms with Crippen molar-refractivity contribution in [2.24, 2.45) is 0 Å². The fourth-order valence-corrected chi connectivity index (χ4v) is 1.45. The number of hydrogen-bond acceptors (Lipinski definition) is 0. The number of halogens is 15. The highest BCUT2D eigenvalue weighted by atomic mass is 19.4. The summed E-state index contributed by atoms with van der Waals surface area (Å²) in [6.07, 6.45) is -17.1. The third-order valence-electron chi connectivity index (χ3n) is 2.80. The van der Waals surface area contributed by atoms with Crippen molar-refractivity contribution in [1.82, 2.24) is 0 Å². The van der Waals surface area contributed by atoms with Crippen molar-refractivity contribution in [3.8, 4) is 0 Å². The molecular weight excluding hydrogens is 405 g/mol. The molecule has 0 aromatic carbocycles. The van der Waals surface area contributed by atoms with Crippen LogP contribution >= 0.6 is 0 Å². The summed E-state index contributed by atoms with van der Waals surface area (Å²) >= 11 is 0. The average molecular weight is 410 g/mol. The van der Waals surface area contributed by atoms with E-state index in [2.05, 4.69) is 0 Å². The van der Waals surface area contributed by atoms with Crippen LogP contribution < -0.4 is 0 Å². The summed E-state index contributed by atoms with van der Waals surface area (Å²) in [5, 5.41) is 0. The van der Waals surface area contributed by atoms with Crippen LogP contribution in [-0.2, 0) is 0 Å². The van der Waals surface area contributed by atoms with Crippen LogP contribution in [0.1, 0.15) is 6.92 Å². The standard InChI is InChI=1S/C10H5F15/c1-2-3-4(11,12)6(14,15)8(18,19)7(16,17)5(13,9(20,21)22)10(23,24)25/h2-3H,1H3. The first-order valence-electron chi connectivity index (χ1n) is 5.53. The molecule has 0 saturated carbocycles. The second kappa shape index (κ2) is 5.86. The smallest absolute Gasteiger partial charge is 0.216 e. The Morgan fingerprint density at radius 2 is 0.800 bits per heavy atom. The van der Waals surface area contributed by atoms with Crippen LogP contribution in [0.3, 0.4) is 0 Å². The van der Waals surface area contributed by atoms with E-state index in [4.69, 9.17) is 0 Å². The van der Waals surface area contributed by atoms with Crippen molar-refractivity contribution in [2.75, 3.05) is 0 Å². The van der Waals surface area contributed by atoms with E-state index < -0.39 is 47.8 Å². The largest absolute Gasteiger partial charge is 0.438 e. The molecule has 15 heteroatoms. The van der Waals surface area contributed by atoms with Gasteiger partial charge in [0.05, 0.1) is 0 Å². The van der Waals surface area contributed by atoms with E-state index >= 15 is 0 Å².